The van der Waals surface area contributed by atoms with E-state index < -0.39 is 0 Å². The van der Waals surface area contributed by atoms with Crippen molar-refractivity contribution < 1.29 is 4.74 Å². The summed E-state index contributed by atoms with van der Waals surface area (Å²) in [5.41, 5.74) is 4.68. The van der Waals surface area contributed by atoms with Crippen molar-refractivity contribution in [3.05, 3.63) is 64.0 Å². The van der Waals surface area contributed by atoms with E-state index in [1.807, 2.05) is 12.1 Å². The number of nitrogens with zero attached hydrogens (tertiary/aromatic N) is 2. The van der Waals surface area contributed by atoms with Gasteiger partial charge in [0, 0.05) is 25.5 Å². The zero-order chi connectivity index (χ0) is 16.5. The molecule has 1 aliphatic carbocycles. The Balaban J connectivity index is 0.00000182. The van der Waals surface area contributed by atoms with Gasteiger partial charge in [0.2, 0.25) is 0 Å². The molecular formula is C19H21BrClN3O. The quantitative estimate of drug-likeness (QED) is 0.626. The number of hydrogen-bond acceptors (Lipinski definition) is 3. The van der Waals surface area contributed by atoms with E-state index in [2.05, 4.69) is 56.2 Å². The second-order valence-corrected chi connectivity index (χ2v) is 7.16. The van der Waals surface area contributed by atoms with Gasteiger partial charge in [-0.3, -0.25) is 0 Å². The first-order chi connectivity index (χ1) is 11.7. The van der Waals surface area contributed by atoms with Crippen LogP contribution in [-0.2, 0) is 13.1 Å². The summed E-state index contributed by atoms with van der Waals surface area (Å²) >= 11 is 3.66. The van der Waals surface area contributed by atoms with Gasteiger partial charge in [0.05, 0.1) is 17.3 Å². The number of methoxy groups -OCH3 is 1. The molecule has 1 saturated carbocycles. The van der Waals surface area contributed by atoms with Crippen LogP contribution in [0.4, 0.5) is 0 Å². The monoisotopic (exact) mass is 421 g/mol. The predicted molar refractivity (Wildman–Crippen MR) is 106 cm³/mol. The molecule has 0 unspecified atom stereocenters. The minimum absolute atomic E-state index is 0. The van der Waals surface area contributed by atoms with Crippen LogP contribution in [0.5, 0.6) is 5.75 Å². The van der Waals surface area contributed by atoms with Gasteiger partial charge in [-0.05, 0) is 64.0 Å². The molecule has 0 saturated heterocycles. The molecule has 4 nitrogen and oxygen atoms in total. The number of rotatable bonds is 6. The molecule has 4 rings (SSSR count). The highest BCUT2D eigenvalue weighted by Crippen LogP contribution is 2.41. The maximum absolute atomic E-state index is 5.18. The maximum Gasteiger partial charge on any atom is 0.151 e. The summed E-state index contributed by atoms with van der Waals surface area (Å²) in [7, 11) is 1.68. The summed E-state index contributed by atoms with van der Waals surface area (Å²) in [5.74, 6) is 1.63. The molecule has 0 radical (unpaired) electrons. The third kappa shape index (κ3) is 4.17. The van der Waals surface area contributed by atoms with Crippen LogP contribution in [-0.4, -0.2) is 16.5 Å². The highest BCUT2D eigenvalue weighted by Gasteiger charge is 2.24. The molecule has 1 aliphatic rings. The zero-order valence-corrected chi connectivity index (χ0v) is 16.4. The van der Waals surface area contributed by atoms with E-state index in [0.29, 0.717) is 0 Å². The number of pyridine rings is 1. The van der Waals surface area contributed by atoms with Crippen LogP contribution in [0.2, 0.25) is 0 Å². The lowest BCUT2D eigenvalue weighted by Gasteiger charge is -2.04. The van der Waals surface area contributed by atoms with E-state index in [1.165, 1.54) is 24.0 Å². The van der Waals surface area contributed by atoms with Gasteiger partial charge in [-0.25, -0.2) is 4.98 Å². The van der Waals surface area contributed by atoms with Crippen LogP contribution in [0.3, 0.4) is 0 Å². The number of imidazole rings is 1. The van der Waals surface area contributed by atoms with Crippen molar-refractivity contribution in [2.24, 2.45) is 0 Å². The minimum atomic E-state index is 0. The Labute approximate surface area is 162 Å². The lowest BCUT2D eigenvalue weighted by atomic mass is 10.2. The molecule has 0 bridgehead atoms. The molecule has 25 heavy (non-hydrogen) atoms. The normalized spacial score (nSPS) is 13.7. The Kier molecular flexibility index (Phi) is 5.67. The van der Waals surface area contributed by atoms with Gasteiger partial charge in [-0.2, -0.15) is 0 Å². The summed E-state index contributed by atoms with van der Waals surface area (Å²) in [6, 6.07) is 10.3. The fourth-order valence-electron chi connectivity index (χ4n) is 2.93. The van der Waals surface area contributed by atoms with Gasteiger partial charge in [0.15, 0.2) is 5.65 Å². The van der Waals surface area contributed by atoms with Crippen molar-refractivity contribution in [3.8, 4) is 5.75 Å². The highest BCUT2D eigenvalue weighted by atomic mass is 79.9. The number of nitrogens with one attached hydrogen (secondary N) is 1. The second-order valence-electron chi connectivity index (χ2n) is 6.31. The Morgan fingerprint density at radius 2 is 1.96 bits per heavy atom. The van der Waals surface area contributed by atoms with Crippen LogP contribution in [0.25, 0.3) is 5.65 Å². The molecule has 3 aromatic rings. The summed E-state index contributed by atoms with van der Waals surface area (Å²) in [6.07, 6.45) is 6.95. The van der Waals surface area contributed by atoms with E-state index >= 15 is 0 Å². The number of fused-ring (bicyclic) bond motifs is 1. The SMILES string of the molecule is COc1ccc(CNCc2cn3cc(C4CC4)cc(Br)c3n2)cc1.Cl. The summed E-state index contributed by atoms with van der Waals surface area (Å²) < 4.78 is 8.40. The Bertz CT molecular complexity index is 859. The van der Waals surface area contributed by atoms with Crippen LogP contribution in [0, 0.1) is 0 Å². The first-order valence-corrected chi connectivity index (χ1v) is 9.03. The molecule has 1 N–H and O–H groups in total. The molecule has 2 heterocycles. The van der Waals surface area contributed by atoms with Crippen molar-refractivity contribution >= 4 is 34.0 Å². The third-order valence-electron chi connectivity index (χ3n) is 4.42. The van der Waals surface area contributed by atoms with Crippen molar-refractivity contribution in [3.63, 3.8) is 0 Å². The van der Waals surface area contributed by atoms with E-state index in [4.69, 9.17) is 9.72 Å². The fourth-order valence-corrected chi connectivity index (χ4v) is 3.49. The van der Waals surface area contributed by atoms with Crippen LogP contribution in [0.15, 0.2) is 47.2 Å². The van der Waals surface area contributed by atoms with E-state index in [-0.39, 0.29) is 12.4 Å². The summed E-state index contributed by atoms with van der Waals surface area (Å²) in [5, 5.41) is 3.45. The molecule has 0 aliphatic heterocycles. The Morgan fingerprint density at radius 3 is 2.64 bits per heavy atom. The molecule has 6 heteroatoms. The van der Waals surface area contributed by atoms with Gasteiger partial charge in [-0.1, -0.05) is 12.1 Å². The molecule has 0 amide bonds. The van der Waals surface area contributed by atoms with Gasteiger partial charge in [0.25, 0.3) is 0 Å². The van der Waals surface area contributed by atoms with E-state index in [1.54, 1.807) is 7.11 Å². The van der Waals surface area contributed by atoms with Crippen molar-refractivity contribution in [1.29, 1.82) is 0 Å². The Morgan fingerprint density at radius 1 is 1.20 bits per heavy atom. The van der Waals surface area contributed by atoms with Crippen LogP contribution < -0.4 is 10.1 Å². The first kappa shape index (κ1) is 18.2. The number of ether oxygens (including phenoxy) is 1. The lowest BCUT2D eigenvalue weighted by molar-refractivity contribution is 0.414. The third-order valence-corrected chi connectivity index (χ3v) is 5.00. The molecule has 0 spiro atoms. The maximum atomic E-state index is 5.18. The number of benzene rings is 1. The van der Waals surface area contributed by atoms with Crippen molar-refractivity contribution in [1.82, 2.24) is 14.7 Å². The number of halogens is 2. The van der Waals surface area contributed by atoms with Crippen LogP contribution >= 0.6 is 28.3 Å². The van der Waals surface area contributed by atoms with Crippen LogP contribution in [0.1, 0.15) is 35.6 Å². The van der Waals surface area contributed by atoms with Gasteiger partial charge in [0.1, 0.15) is 5.75 Å². The standard InChI is InChI=1S/C19H20BrN3O.ClH/c1-24-17-6-2-13(3-7-17)9-21-10-16-12-23-11-15(14-4-5-14)8-18(20)19(23)22-16;/h2-3,6-8,11-12,14,21H,4-5,9-10H2,1H3;1H. The minimum Gasteiger partial charge on any atom is -0.497 e. The van der Waals surface area contributed by atoms with E-state index in [0.717, 1.165) is 40.6 Å². The fraction of sp³-hybridized carbons (Fsp3) is 0.316. The molecule has 1 fully saturated rings. The van der Waals surface area contributed by atoms with Gasteiger partial charge in [-0.15, -0.1) is 12.4 Å². The molecule has 0 atom stereocenters. The largest absolute Gasteiger partial charge is 0.497 e. The average molecular weight is 423 g/mol. The topological polar surface area (TPSA) is 38.6 Å². The first-order valence-electron chi connectivity index (χ1n) is 8.23. The lowest BCUT2D eigenvalue weighted by Crippen LogP contribution is -2.12. The summed E-state index contributed by atoms with van der Waals surface area (Å²) in [4.78, 5) is 4.73. The van der Waals surface area contributed by atoms with Gasteiger partial charge < -0.3 is 14.5 Å². The number of hydrogen-bond donors (Lipinski definition) is 1. The molecule has 2 aromatic heterocycles. The number of aromatic nitrogens is 2. The second kappa shape index (κ2) is 7.77. The van der Waals surface area contributed by atoms with Crippen molar-refractivity contribution in [2.45, 2.75) is 31.8 Å². The van der Waals surface area contributed by atoms with Gasteiger partial charge >= 0.3 is 0 Å². The average Bonchev–Trinajstić information content (AvgIpc) is 3.36. The van der Waals surface area contributed by atoms with E-state index in [9.17, 15) is 0 Å². The predicted octanol–water partition coefficient (Wildman–Crippen LogP) is 4.69. The summed E-state index contributed by atoms with van der Waals surface area (Å²) in [6.45, 7) is 1.56. The molecular weight excluding hydrogens is 402 g/mol. The Hall–Kier alpha value is -1.56. The highest BCUT2D eigenvalue weighted by molar-refractivity contribution is 9.10. The smallest absolute Gasteiger partial charge is 0.151 e. The van der Waals surface area contributed by atoms with Crippen molar-refractivity contribution in [2.75, 3.05) is 7.11 Å². The molecule has 132 valence electrons. The molecule has 1 aromatic carbocycles. The zero-order valence-electron chi connectivity index (χ0n) is 14.0.